The molecule has 1 atom stereocenters. The molecule has 0 fully saturated rings. The molecule has 2 N–H and O–H groups in total. The fourth-order valence-corrected chi connectivity index (χ4v) is 2.79. The van der Waals surface area contributed by atoms with E-state index in [0.717, 1.165) is 0 Å². The van der Waals surface area contributed by atoms with E-state index in [2.05, 4.69) is 10.3 Å². The van der Waals surface area contributed by atoms with Gasteiger partial charge >= 0.3 is 0 Å². The van der Waals surface area contributed by atoms with E-state index in [1.807, 2.05) is 6.07 Å². The van der Waals surface area contributed by atoms with Crippen LogP contribution in [0.1, 0.15) is 12.7 Å². The van der Waals surface area contributed by atoms with Crippen LogP contribution in [0.25, 0.3) is 10.9 Å². The maximum Gasteiger partial charge on any atom is 0.261 e. The van der Waals surface area contributed by atoms with E-state index in [1.54, 1.807) is 49.4 Å². The van der Waals surface area contributed by atoms with Crippen LogP contribution < -0.4 is 15.6 Å². The molecule has 2 aromatic carbocycles. The minimum atomic E-state index is -0.876. The Hall–Kier alpha value is -3.19. The van der Waals surface area contributed by atoms with Gasteiger partial charge in [0.05, 0.1) is 17.4 Å². The number of carbonyl (C=O) groups excluding carboxylic acids is 1. The second kappa shape index (κ2) is 8.01. The second-order valence-electron chi connectivity index (χ2n) is 6.26. The van der Waals surface area contributed by atoms with Gasteiger partial charge in [-0.2, -0.15) is 0 Å². The number of nitrogens with zero attached hydrogens (tertiary/aromatic N) is 2. The summed E-state index contributed by atoms with van der Waals surface area (Å²) in [4.78, 5) is 28.1. The molecule has 1 amide bonds. The lowest BCUT2D eigenvalue weighted by atomic mass is 10.2. The number of amides is 1. The first-order valence-electron chi connectivity index (χ1n) is 8.59. The maximum atomic E-state index is 12.6. The number of para-hydroxylation sites is 1. The molecule has 7 heteroatoms. The Morgan fingerprint density at radius 3 is 2.63 bits per heavy atom. The van der Waals surface area contributed by atoms with Crippen LogP contribution in [0, 0.1) is 6.92 Å². The Bertz CT molecular complexity index is 1010. The number of aliphatic hydroxyl groups is 1. The van der Waals surface area contributed by atoms with Gasteiger partial charge in [-0.05, 0) is 43.3 Å². The number of aryl methyl sites for hydroxylation is 1. The van der Waals surface area contributed by atoms with E-state index in [9.17, 15) is 14.7 Å². The third kappa shape index (κ3) is 4.51. The fourth-order valence-electron chi connectivity index (χ4n) is 2.79. The number of ether oxygens (including phenoxy) is 1. The average Bonchev–Trinajstić information content (AvgIpc) is 2.64. The molecule has 0 aliphatic carbocycles. The van der Waals surface area contributed by atoms with Gasteiger partial charge in [0, 0.05) is 12.6 Å². The SMILES string of the molecule is CC(=O)Nc1ccc(OCC(O)Cn2c(C)nc3ccccc3c2=O)cc1. The van der Waals surface area contributed by atoms with Crippen LogP contribution >= 0.6 is 0 Å². The molecule has 140 valence electrons. The van der Waals surface area contributed by atoms with Crippen molar-refractivity contribution >= 4 is 22.5 Å². The van der Waals surface area contributed by atoms with Gasteiger partial charge < -0.3 is 15.2 Å². The van der Waals surface area contributed by atoms with Crippen molar-refractivity contribution in [1.29, 1.82) is 0 Å². The number of rotatable bonds is 6. The highest BCUT2D eigenvalue weighted by atomic mass is 16.5. The van der Waals surface area contributed by atoms with Crippen molar-refractivity contribution < 1.29 is 14.6 Å². The molecule has 0 spiro atoms. The second-order valence-corrected chi connectivity index (χ2v) is 6.26. The molecule has 27 heavy (non-hydrogen) atoms. The van der Waals surface area contributed by atoms with Crippen LogP contribution in [0.4, 0.5) is 5.69 Å². The van der Waals surface area contributed by atoms with E-state index in [1.165, 1.54) is 11.5 Å². The van der Waals surface area contributed by atoms with Crippen molar-refractivity contribution in [2.75, 3.05) is 11.9 Å². The van der Waals surface area contributed by atoms with E-state index in [0.29, 0.717) is 28.2 Å². The Morgan fingerprint density at radius 2 is 1.93 bits per heavy atom. The number of fused-ring (bicyclic) bond motifs is 1. The van der Waals surface area contributed by atoms with Gasteiger partial charge in [0.1, 0.15) is 24.3 Å². The first-order valence-corrected chi connectivity index (χ1v) is 8.59. The maximum absolute atomic E-state index is 12.6. The Morgan fingerprint density at radius 1 is 1.22 bits per heavy atom. The molecule has 1 heterocycles. The molecule has 0 saturated heterocycles. The van der Waals surface area contributed by atoms with Crippen LogP contribution in [-0.4, -0.2) is 33.3 Å². The minimum Gasteiger partial charge on any atom is -0.491 e. The van der Waals surface area contributed by atoms with Gasteiger partial charge in [-0.1, -0.05) is 12.1 Å². The monoisotopic (exact) mass is 367 g/mol. The number of hydrogen-bond acceptors (Lipinski definition) is 5. The lowest BCUT2D eigenvalue weighted by Crippen LogP contribution is -2.32. The smallest absolute Gasteiger partial charge is 0.261 e. The summed E-state index contributed by atoms with van der Waals surface area (Å²) in [5, 5.41) is 13.5. The van der Waals surface area contributed by atoms with Crippen molar-refractivity contribution in [3.8, 4) is 5.75 Å². The zero-order valence-electron chi connectivity index (χ0n) is 15.2. The zero-order valence-corrected chi connectivity index (χ0v) is 15.2. The summed E-state index contributed by atoms with van der Waals surface area (Å²) in [6, 6.07) is 14.0. The molecule has 0 bridgehead atoms. The largest absolute Gasteiger partial charge is 0.491 e. The standard InChI is InChI=1S/C20H21N3O4/c1-13-21-19-6-4-3-5-18(19)20(26)23(13)11-16(25)12-27-17-9-7-15(8-10-17)22-14(2)24/h3-10,16,25H,11-12H2,1-2H3,(H,22,24). The van der Waals surface area contributed by atoms with Gasteiger partial charge in [0.2, 0.25) is 5.91 Å². The Balaban J connectivity index is 1.66. The normalized spacial score (nSPS) is 12.0. The summed E-state index contributed by atoms with van der Waals surface area (Å²) in [5.74, 6) is 0.949. The first kappa shape index (κ1) is 18.6. The Labute approximate surface area is 156 Å². The molecular formula is C20H21N3O4. The Kier molecular flexibility index (Phi) is 5.52. The molecular weight excluding hydrogens is 346 g/mol. The molecule has 0 aliphatic heterocycles. The number of benzene rings is 2. The van der Waals surface area contributed by atoms with E-state index < -0.39 is 6.10 Å². The number of hydrogen-bond donors (Lipinski definition) is 2. The van der Waals surface area contributed by atoms with Crippen molar-refractivity contribution in [1.82, 2.24) is 9.55 Å². The third-order valence-corrected chi connectivity index (χ3v) is 4.06. The number of aromatic nitrogens is 2. The summed E-state index contributed by atoms with van der Waals surface area (Å²) < 4.78 is 7.02. The number of nitrogens with one attached hydrogen (secondary N) is 1. The van der Waals surface area contributed by atoms with Crippen LogP contribution in [0.3, 0.4) is 0 Å². The lowest BCUT2D eigenvalue weighted by molar-refractivity contribution is -0.114. The highest BCUT2D eigenvalue weighted by Crippen LogP contribution is 2.16. The van der Waals surface area contributed by atoms with Crippen LogP contribution in [0.5, 0.6) is 5.75 Å². The van der Waals surface area contributed by atoms with Crippen molar-refractivity contribution in [3.05, 3.63) is 64.7 Å². The van der Waals surface area contributed by atoms with Crippen molar-refractivity contribution in [3.63, 3.8) is 0 Å². The van der Waals surface area contributed by atoms with E-state index in [-0.39, 0.29) is 24.6 Å². The van der Waals surface area contributed by atoms with Crippen LogP contribution in [0.15, 0.2) is 53.3 Å². The van der Waals surface area contributed by atoms with Crippen LogP contribution in [-0.2, 0) is 11.3 Å². The molecule has 1 unspecified atom stereocenters. The summed E-state index contributed by atoms with van der Waals surface area (Å²) in [6.45, 7) is 3.29. The van der Waals surface area contributed by atoms with Gasteiger partial charge in [0.15, 0.2) is 0 Å². The minimum absolute atomic E-state index is 0.0260. The summed E-state index contributed by atoms with van der Waals surface area (Å²) in [6.07, 6.45) is -0.876. The first-order chi connectivity index (χ1) is 12.9. The lowest BCUT2D eigenvalue weighted by Gasteiger charge is -2.16. The number of anilines is 1. The van der Waals surface area contributed by atoms with Crippen LogP contribution in [0.2, 0.25) is 0 Å². The topological polar surface area (TPSA) is 93.4 Å². The quantitative estimate of drug-likeness (QED) is 0.696. The molecule has 0 radical (unpaired) electrons. The molecule has 3 rings (SSSR count). The zero-order chi connectivity index (χ0) is 19.4. The molecule has 0 saturated carbocycles. The summed E-state index contributed by atoms with van der Waals surface area (Å²) in [7, 11) is 0. The molecule has 1 aromatic heterocycles. The van der Waals surface area contributed by atoms with Gasteiger partial charge in [-0.15, -0.1) is 0 Å². The van der Waals surface area contributed by atoms with Gasteiger partial charge in [-0.3, -0.25) is 14.2 Å². The number of carbonyl (C=O) groups is 1. The number of aliphatic hydroxyl groups excluding tert-OH is 1. The fraction of sp³-hybridized carbons (Fsp3) is 0.250. The summed E-state index contributed by atoms with van der Waals surface area (Å²) >= 11 is 0. The summed E-state index contributed by atoms with van der Waals surface area (Å²) in [5.41, 5.74) is 1.12. The van der Waals surface area contributed by atoms with Crippen molar-refractivity contribution in [2.24, 2.45) is 0 Å². The highest BCUT2D eigenvalue weighted by molar-refractivity contribution is 5.88. The molecule has 7 nitrogen and oxygen atoms in total. The van der Waals surface area contributed by atoms with Crippen molar-refractivity contribution in [2.45, 2.75) is 26.5 Å². The van der Waals surface area contributed by atoms with Gasteiger partial charge in [-0.25, -0.2) is 4.98 Å². The molecule has 0 aliphatic rings. The molecule has 3 aromatic rings. The third-order valence-electron chi connectivity index (χ3n) is 4.06. The van der Waals surface area contributed by atoms with E-state index >= 15 is 0 Å². The average molecular weight is 367 g/mol. The van der Waals surface area contributed by atoms with E-state index in [4.69, 9.17) is 4.74 Å². The van der Waals surface area contributed by atoms with Gasteiger partial charge in [0.25, 0.3) is 5.56 Å². The predicted octanol–water partition coefficient (Wildman–Crippen LogP) is 2.10. The highest BCUT2D eigenvalue weighted by Gasteiger charge is 2.13. The predicted molar refractivity (Wildman–Crippen MR) is 103 cm³/mol.